The van der Waals surface area contributed by atoms with Gasteiger partial charge in [0, 0.05) is 30.2 Å². The van der Waals surface area contributed by atoms with Gasteiger partial charge in [0.1, 0.15) is 0 Å². The van der Waals surface area contributed by atoms with Crippen LogP contribution in [0.1, 0.15) is 15.9 Å². The van der Waals surface area contributed by atoms with Crippen molar-refractivity contribution in [3.05, 3.63) is 34.3 Å². The molecule has 0 radical (unpaired) electrons. The third-order valence-electron chi connectivity index (χ3n) is 2.35. The molecule has 2 N–H and O–H groups in total. The van der Waals surface area contributed by atoms with E-state index in [-0.39, 0.29) is 5.91 Å². The number of nitrogens with zero attached hydrogens (tertiary/aromatic N) is 1. The summed E-state index contributed by atoms with van der Waals surface area (Å²) in [6, 6.07) is 5.42. The van der Waals surface area contributed by atoms with E-state index >= 15 is 0 Å². The zero-order valence-electron chi connectivity index (χ0n) is 7.66. The van der Waals surface area contributed by atoms with Crippen LogP contribution >= 0.6 is 11.6 Å². The number of fused-ring (bicyclic) bond motifs is 1. The molecule has 1 aliphatic heterocycles. The van der Waals surface area contributed by atoms with Crippen LogP contribution in [0.25, 0.3) is 0 Å². The van der Waals surface area contributed by atoms with E-state index in [1.165, 1.54) is 0 Å². The molecule has 1 aromatic rings. The molecule has 0 spiro atoms. The minimum Gasteiger partial charge on any atom is -0.333 e. The van der Waals surface area contributed by atoms with Crippen LogP contribution in [0, 0.1) is 0 Å². The van der Waals surface area contributed by atoms with Crippen molar-refractivity contribution in [3.63, 3.8) is 0 Å². The molecule has 2 rings (SSSR count). The fraction of sp³-hybridized carbons (Fsp3) is 0.300. The van der Waals surface area contributed by atoms with Gasteiger partial charge < -0.3 is 10.6 Å². The lowest BCUT2D eigenvalue weighted by atomic mass is 10.1. The van der Waals surface area contributed by atoms with E-state index in [4.69, 9.17) is 17.3 Å². The number of hydrogen-bond acceptors (Lipinski definition) is 2. The Morgan fingerprint density at radius 3 is 3.00 bits per heavy atom. The third kappa shape index (κ3) is 1.49. The lowest BCUT2D eigenvalue weighted by molar-refractivity contribution is 0.0783. The molecule has 3 nitrogen and oxygen atoms in total. The molecule has 0 saturated carbocycles. The zero-order chi connectivity index (χ0) is 10.1. The van der Waals surface area contributed by atoms with E-state index in [0.717, 1.165) is 5.56 Å². The SMILES string of the molecule is NCCN1Cc2ccc(Cl)cc2C1=O. The Kier molecular flexibility index (Phi) is 2.44. The molecule has 74 valence electrons. The first-order valence-electron chi connectivity index (χ1n) is 4.50. The molecule has 1 amide bonds. The van der Waals surface area contributed by atoms with E-state index < -0.39 is 0 Å². The maximum absolute atomic E-state index is 11.8. The molecule has 0 fully saturated rings. The molecule has 14 heavy (non-hydrogen) atoms. The summed E-state index contributed by atoms with van der Waals surface area (Å²) in [6.45, 7) is 1.75. The fourth-order valence-electron chi connectivity index (χ4n) is 1.67. The average Bonchev–Trinajstić information content (AvgIpc) is 2.46. The van der Waals surface area contributed by atoms with Crippen LogP contribution in [0.15, 0.2) is 18.2 Å². The van der Waals surface area contributed by atoms with Gasteiger partial charge in [0.2, 0.25) is 0 Å². The Balaban J connectivity index is 2.31. The van der Waals surface area contributed by atoms with Crippen molar-refractivity contribution in [2.45, 2.75) is 6.54 Å². The van der Waals surface area contributed by atoms with Gasteiger partial charge in [-0.2, -0.15) is 0 Å². The van der Waals surface area contributed by atoms with Crippen LogP contribution in [0.2, 0.25) is 5.02 Å². The Bertz CT molecular complexity index is 378. The van der Waals surface area contributed by atoms with Crippen LogP contribution in [-0.2, 0) is 6.54 Å². The molecular formula is C10H11ClN2O. The summed E-state index contributed by atoms with van der Waals surface area (Å²) in [6.07, 6.45) is 0. The van der Waals surface area contributed by atoms with Crippen molar-refractivity contribution in [3.8, 4) is 0 Å². The first kappa shape index (κ1) is 9.49. The first-order chi connectivity index (χ1) is 6.72. The number of carbonyl (C=O) groups is 1. The predicted molar refractivity (Wildman–Crippen MR) is 55.2 cm³/mol. The van der Waals surface area contributed by atoms with Crippen molar-refractivity contribution in [2.75, 3.05) is 13.1 Å². The van der Waals surface area contributed by atoms with Gasteiger partial charge in [0.25, 0.3) is 5.91 Å². The van der Waals surface area contributed by atoms with Gasteiger partial charge in [-0.15, -0.1) is 0 Å². The molecule has 1 aliphatic rings. The molecule has 0 saturated heterocycles. The number of rotatable bonds is 2. The predicted octanol–water partition coefficient (Wildman–Crippen LogP) is 1.25. The lowest BCUT2D eigenvalue weighted by Crippen LogP contribution is -2.29. The van der Waals surface area contributed by atoms with E-state index in [0.29, 0.717) is 30.2 Å². The van der Waals surface area contributed by atoms with Crippen molar-refractivity contribution < 1.29 is 4.79 Å². The number of hydrogen-bond donors (Lipinski definition) is 1. The molecule has 4 heteroatoms. The van der Waals surface area contributed by atoms with Gasteiger partial charge in [-0.1, -0.05) is 17.7 Å². The van der Waals surface area contributed by atoms with Crippen LogP contribution < -0.4 is 5.73 Å². The monoisotopic (exact) mass is 210 g/mol. The normalized spacial score (nSPS) is 14.7. The highest BCUT2D eigenvalue weighted by Gasteiger charge is 2.26. The van der Waals surface area contributed by atoms with Gasteiger partial charge in [0.05, 0.1) is 0 Å². The molecule has 1 aromatic carbocycles. The number of benzene rings is 1. The minimum atomic E-state index is 0.0351. The van der Waals surface area contributed by atoms with E-state index in [9.17, 15) is 4.79 Å². The summed E-state index contributed by atoms with van der Waals surface area (Å²) < 4.78 is 0. The Hall–Kier alpha value is -1.06. The van der Waals surface area contributed by atoms with Gasteiger partial charge in [0.15, 0.2) is 0 Å². The van der Waals surface area contributed by atoms with Gasteiger partial charge in [-0.05, 0) is 17.7 Å². The topological polar surface area (TPSA) is 46.3 Å². The highest BCUT2D eigenvalue weighted by atomic mass is 35.5. The van der Waals surface area contributed by atoms with Crippen LogP contribution in [0.3, 0.4) is 0 Å². The third-order valence-corrected chi connectivity index (χ3v) is 2.58. The Labute approximate surface area is 87.4 Å². The summed E-state index contributed by atoms with van der Waals surface area (Å²) in [5.41, 5.74) is 7.16. The summed E-state index contributed by atoms with van der Waals surface area (Å²) in [5, 5.41) is 0.603. The summed E-state index contributed by atoms with van der Waals surface area (Å²) >= 11 is 5.82. The zero-order valence-corrected chi connectivity index (χ0v) is 8.42. The second-order valence-corrected chi connectivity index (χ2v) is 3.75. The number of carbonyl (C=O) groups excluding carboxylic acids is 1. The fourth-order valence-corrected chi connectivity index (χ4v) is 1.84. The summed E-state index contributed by atoms with van der Waals surface area (Å²) in [5.74, 6) is 0.0351. The van der Waals surface area contributed by atoms with E-state index in [1.54, 1.807) is 17.0 Å². The smallest absolute Gasteiger partial charge is 0.254 e. The number of halogens is 1. The van der Waals surface area contributed by atoms with Crippen molar-refractivity contribution in [1.82, 2.24) is 4.90 Å². The van der Waals surface area contributed by atoms with Crippen LogP contribution in [0.4, 0.5) is 0 Å². The largest absolute Gasteiger partial charge is 0.333 e. The van der Waals surface area contributed by atoms with Gasteiger partial charge in [-0.3, -0.25) is 4.79 Å². The second-order valence-electron chi connectivity index (χ2n) is 3.32. The van der Waals surface area contributed by atoms with Crippen LogP contribution in [0.5, 0.6) is 0 Å². The van der Waals surface area contributed by atoms with Gasteiger partial charge >= 0.3 is 0 Å². The van der Waals surface area contributed by atoms with E-state index in [2.05, 4.69) is 0 Å². The molecular weight excluding hydrogens is 200 g/mol. The lowest BCUT2D eigenvalue weighted by Gasteiger charge is -2.13. The average molecular weight is 211 g/mol. The Morgan fingerprint density at radius 1 is 1.50 bits per heavy atom. The molecule has 1 heterocycles. The highest BCUT2D eigenvalue weighted by molar-refractivity contribution is 6.31. The standard InChI is InChI=1S/C10H11ClN2O/c11-8-2-1-7-6-13(4-3-12)10(14)9(7)5-8/h1-2,5H,3-4,6,12H2. The number of amides is 1. The maximum atomic E-state index is 11.8. The molecule has 0 aromatic heterocycles. The minimum absolute atomic E-state index is 0.0351. The molecule has 0 aliphatic carbocycles. The van der Waals surface area contributed by atoms with Gasteiger partial charge in [-0.25, -0.2) is 0 Å². The van der Waals surface area contributed by atoms with Crippen molar-refractivity contribution in [1.29, 1.82) is 0 Å². The van der Waals surface area contributed by atoms with Crippen molar-refractivity contribution in [2.24, 2.45) is 5.73 Å². The molecule has 0 unspecified atom stereocenters. The second kappa shape index (κ2) is 3.59. The molecule has 0 atom stereocenters. The van der Waals surface area contributed by atoms with Crippen LogP contribution in [-0.4, -0.2) is 23.9 Å². The summed E-state index contributed by atoms with van der Waals surface area (Å²) in [7, 11) is 0. The number of nitrogens with two attached hydrogens (primary N) is 1. The maximum Gasteiger partial charge on any atom is 0.254 e. The Morgan fingerprint density at radius 2 is 2.29 bits per heavy atom. The quantitative estimate of drug-likeness (QED) is 0.799. The van der Waals surface area contributed by atoms with E-state index in [1.807, 2.05) is 6.07 Å². The highest BCUT2D eigenvalue weighted by Crippen LogP contribution is 2.25. The van der Waals surface area contributed by atoms with Crippen molar-refractivity contribution >= 4 is 17.5 Å². The molecule has 0 bridgehead atoms. The first-order valence-corrected chi connectivity index (χ1v) is 4.88. The summed E-state index contributed by atoms with van der Waals surface area (Å²) in [4.78, 5) is 13.5.